The van der Waals surface area contributed by atoms with E-state index in [0.717, 1.165) is 13.6 Å². The van der Waals surface area contributed by atoms with Crippen LogP contribution in [0, 0.1) is 0 Å². The molecule has 0 saturated carbocycles. The third kappa shape index (κ3) is 2.55. The average molecular weight is 487 g/mol. The summed E-state index contributed by atoms with van der Waals surface area (Å²) in [6.45, 7) is 1.61. The molecule has 4 heterocycles. The number of hydrogen-bond donors (Lipinski definition) is 1. The number of urea groups is 1. The number of carbonyl (C=O) groups is 2. The molecule has 1 aliphatic heterocycles. The molecule has 1 fully saturated rings. The van der Waals surface area contributed by atoms with Gasteiger partial charge < -0.3 is 5.32 Å². The van der Waals surface area contributed by atoms with Gasteiger partial charge in [0, 0.05) is 11.9 Å². The van der Waals surface area contributed by atoms with Crippen LogP contribution in [0.3, 0.4) is 0 Å². The third-order valence-electron chi connectivity index (χ3n) is 5.33. The summed E-state index contributed by atoms with van der Waals surface area (Å²) in [6, 6.07) is 10.2. The van der Waals surface area contributed by atoms with Crippen LogP contribution in [0.4, 0.5) is 4.79 Å². The zero-order valence-corrected chi connectivity index (χ0v) is 18.3. The predicted octanol–water partition coefficient (Wildman–Crippen LogP) is 2.37. The van der Waals surface area contributed by atoms with Crippen molar-refractivity contribution in [2.45, 2.75) is 19.0 Å². The molecule has 0 bridgehead atoms. The van der Waals surface area contributed by atoms with E-state index in [9.17, 15) is 14.4 Å². The van der Waals surface area contributed by atoms with Crippen molar-refractivity contribution in [2.24, 2.45) is 7.05 Å². The van der Waals surface area contributed by atoms with Crippen LogP contribution < -0.4 is 10.9 Å². The Morgan fingerprint density at radius 1 is 1.13 bits per heavy atom. The number of aryl methyl sites for hydroxylation is 1. The number of imide groups is 1. The quantitative estimate of drug-likeness (QED) is 0.448. The third-order valence-corrected chi connectivity index (χ3v) is 7.18. The summed E-state index contributed by atoms with van der Waals surface area (Å²) in [5.41, 5.74) is -0.723. The molecule has 1 aliphatic rings. The highest BCUT2D eigenvalue weighted by atomic mass is 79.9. The number of hydrogen-bond acceptors (Lipinski definition) is 6. The van der Waals surface area contributed by atoms with E-state index in [1.807, 2.05) is 18.2 Å². The molecule has 0 unspecified atom stereocenters. The number of aromatic nitrogens is 4. The Morgan fingerprint density at radius 2 is 1.90 bits per heavy atom. The maximum atomic E-state index is 13.2. The molecule has 1 saturated heterocycles. The number of carbonyl (C=O) groups excluding carboxylic acids is 2. The molecule has 4 aromatic rings. The van der Waals surface area contributed by atoms with Gasteiger partial charge in [0.05, 0.1) is 21.2 Å². The largest absolute Gasteiger partial charge is 0.325 e. The molecule has 9 nitrogen and oxygen atoms in total. The highest BCUT2D eigenvalue weighted by Crippen LogP contribution is 2.36. The van der Waals surface area contributed by atoms with Crippen LogP contribution in [0.25, 0.3) is 16.7 Å². The molecular formula is C19H15BrN6O3S. The summed E-state index contributed by atoms with van der Waals surface area (Å²) in [4.78, 5) is 40.4. The topological polar surface area (TPSA) is 102 Å². The molecule has 3 amide bonds. The van der Waals surface area contributed by atoms with Crippen LogP contribution in [-0.2, 0) is 23.9 Å². The standard InChI is InChI=1S/C19H15BrN6O3S/c1-19(12-7-8-13(20)30-12)16(28)25(18(29)21-19)9-14-22-23-17-24(2)15(27)10-5-3-4-6-11(10)26(14)17/h3-8H,9H2,1-2H3,(H,21,29)/t19-/m1/s1. The fraction of sp³-hybridized carbons (Fsp3) is 0.211. The van der Waals surface area contributed by atoms with Crippen molar-refractivity contribution in [2.75, 3.05) is 0 Å². The summed E-state index contributed by atoms with van der Waals surface area (Å²) in [6.07, 6.45) is 0. The predicted molar refractivity (Wildman–Crippen MR) is 114 cm³/mol. The van der Waals surface area contributed by atoms with E-state index < -0.39 is 11.6 Å². The van der Waals surface area contributed by atoms with E-state index >= 15 is 0 Å². The summed E-state index contributed by atoms with van der Waals surface area (Å²) in [5, 5.41) is 11.6. The number of benzene rings is 1. The molecule has 1 aromatic carbocycles. The smallest absolute Gasteiger partial charge is 0.319 e. The Balaban J connectivity index is 1.61. The van der Waals surface area contributed by atoms with Crippen molar-refractivity contribution < 1.29 is 9.59 Å². The van der Waals surface area contributed by atoms with Crippen LogP contribution in [0.5, 0.6) is 0 Å². The minimum atomic E-state index is -1.15. The molecule has 3 aromatic heterocycles. The SMILES string of the molecule is Cn1c(=O)c2ccccc2n2c(CN3C(=O)N[C@](C)(c4ccc(Br)s4)C3=O)nnc12. The molecule has 0 radical (unpaired) electrons. The average Bonchev–Trinajstić information content (AvgIpc) is 3.41. The minimum Gasteiger partial charge on any atom is -0.319 e. The number of para-hydroxylation sites is 1. The second-order valence-corrected chi connectivity index (χ2v) is 9.65. The summed E-state index contributed by atoms with van der Waals surface area (Å²) in [7, 11) is 1.61. The van der Waals surface area contributed by atoms with Gasteiger partial charge in [-0.1, -0.05) is 12.1 Å². The van der Waals surface area contributed by atoms with E-state index in [0.29, 0.717) is 22.5 Å². The lowest BCUT2D eigenvalue weighted by Crippen LogP contribution is -2.40. The van der Waals surface area contributed by atoms with Gasteiger partial charge in [0.25, 0.3) is 11.5 Å². The molecule has 152 valence electrons. The first kappa shape index (κ1) is 18.9. The van der Waals surface area contributed by atoms with Crippen molar-refractivity contribution in [3.05, 3.63) is 61.2 Å². The molecule has 30 heavy (non-hydrogen) atoms. The van der Waals surface area contributed by atoms with Gasteiger partial charge in [0.2, 0.25) is 5.78 Å². The lowest BCUT2D eigenvalue weighted by Gasteiger charge is -2.20. The van der Waals surface area contributed by atoms with Crippen LogP contribution in [0.2, 0.25) is 0 Å². The van der Waals surface area contributed by atoms with Crippen molar-refractivity contribution in [3.63, 3.8) is 0 Å². The lowest BCUT2D eigenvalue weighted by atomic mass is 10.0. The maximum absolute atomic E-state index is 13.2. The van der Waals surface area contributed by atoms with Crippen LogP contribution >= 0.6 is 27.3 Å². The van der Waals surface area contributed by atoms with Gasteiger partial charge in [-0.3, -0.25) is 23.5 Å². The van der Waals surface area contributed by atoms with Gasteiger partial charge in [-0.15, -0.1) is 21.5 Å². The fourth-order valence-corrected chi connectivity index (χ4v) is 5.21. The highest BCUT2D eigenvalue weighted by molar-refractivity contribution is 9.11. The summed E-state index contributed by atoms with van der Waals surface area (Å²) >= 11 is 4.79. The monoisotopic (exact) mass is 486 g/mol. The van der Waals surface area contributed by atoms with E-state index in [-0.39, 0.29) is 18.0 Å². The first-order valence-corrected chi connectivity index (χ1v) is 10.6. The van der Waals surface area contributed by atoms with Gasteiger partial charge in [0.15, 0.2) is 11.4 Å². The Hall–Kier alpha value is -3.05. The summed E-state index contributed by atoms with van der Waals surface area (Å²) < 4.78 is 3.97. The number of amides is 3. The Bertz CT molecular complexity index is 1420. The summed E-state index contributed by atoms with van der Waals surface area (Å²) in [5.74, 6) is 0.357. The van der Waals surface area contributed by atoms with Crippen LogP contribution in [0.1, 0.15) is 17.6 Å². The molecule has 0 aliphatic carbocycles. The van der Waals surface area contributed by atoms with Gasteiger partial charge in [0.1, 0.15) is 0 Å². The number of halogens is 1. The van der Waals surface area contributed by atoms with Crippen LogP contribution in [0.15, 0.2) is 45.0 Å². The first-order valence-electron chi connectivity index (χ1n) is 9.03. The van der Waals surface area contributed by atoms with E-state index in [4.69, 9.17) is 0 Å². The fourth-order valence-electron chi connectivity index (χ4n) is 3.73. The van der Waals surface area contributed by atoms with Crippen molar-refractivity contribution in [1.82, 2.24) is 29.4 Å². The molecule has 5 rings (SSSR count). The number of thiophene rings is 1. The molecular weight excluding hydrogens is 472 g/mol. The Morgan fingerprint density at radius 3 is 2.63 bits per heavy atom. The van der Waals surface area contributed by atoms with E-state index in [1.165, 1.54) is 15.9 Å². The van der Waals surface area contributed by atoms with Gasteiger partial charge in [-0.05, 0) is 47.1 Å². The molecule has 1 atom stereocenters. The molecule has 11 heteroatoms. The zero-order chi connectivity index (χ0) is 21.2. The molecule has 0 spiro atoms. The van der Waals surface area contributed by atoms with Crippen LogP contribution in [-0.4, -0.2) is 36.0 Å². The van der Waals surface area contributed by atoms with Crippen molar-refractivity contribution in [1.29, 1.82) is 0 Å². The zero-order valence-electron chi connectivity index (χ0n) is 15.9. The number of fused-ring (bicyclic) bond motifs is 3. The Kier molecular flexibility index (Phi) is 4.09. The number of nitrogens with one attached hydrogen (secondary N) is 1. The number of rotatable bonds is 3. The lowest BCUT2D eigenvalue weighted by molar-refractivity contribution is -0.131. The second-order valence-electron chi connectivity index (χ2n) is 7.18. The van der Waals surface area contributed by atoms with Crippen molar-refractivity contribution >= 4 is 55.9 Å². The molecule has 1 N–H and O–H groups in total. The normalized spacial score (nSPS) is 19.2. The first-order chi connectivity index (χ1) is 14.3. The second kappa shape index (κ2) is 6.47. The van der Waals surface area contributed by atoms with Crippen molar-refractivity contribution in [3.8, 4) is 0 Å². The van der Waals surface area contributed by atoms with E-state index in [2.05, 4.69) is 31.4 Å². The van der Waals surface area contributed by atoms with Gasteiger partial charge in [-0.25, -0.2) is 4.79 Å². The van der Waals surface area contributed by atoms with Gasteiger partial charge in [-0.2, -0.15) is 0 Å². The highest BCUT2D eigenvalue weighted by Gasteiger charge is 2.50. The maximum Gasteiger partial charge on any atom is 0.325 e. The Labute approximate surface area is 182 Å². The van der Waals surface area contributed by atoms with Gasteiger partial charge >= 0.3 is 6.03 Å². The minimum absolute atomic E-state index is 0.0732. The van der Waals surface area contributed by atoms with E-state index in [1.54, 1.807) is 36.6 Å². The number of nitrogens with zero attached hydrogens (tertiary/aromatic N) is 5.